The molecule has 3 atom stereocenters. The predicted octanol–water partition coefficient (Wildman–Crippen LogP) is 0.341. The van der Waals surface area contributed by atoms with Gasteiger partial charge in [-0.2, -0.15) is 0 Å². The lowest BCUT2D eigenvalue weighted by Crippen LogP contribution is -2.44. The first-order chi connectivity index (χ1) is 9.72. The third-order valence-corrected chi connectivity index (χ3v) is 5.18. The fraction of sp³-hybridized carbons (Fsp3) is 0.933. The summed E-state index contributed by atoms with van der Waals surface area (Å²) in [5.41, 5.74) is 6.22. The SMILES string of the molecule is NC1CCCC2CN(CC(=O)NC3CCOCC3)CC12. The molecule has 2 aliphatic heterocycles. The maximum atomic E-state index is 12.1. The highest BCUT2D eigenvalue weighted by atomic mass is 16.5. The quantitative estimate of drug-likeness (QED) is 0.783. The molecule has 0 radical (unpaired) electrons. The zero-order chi connectivity index (χ0) is 13.9. The summed E-state index contributed by atoms with van der Waals surface area (Å²) in [5, 5.41) is 3.15. The Morgan fingerprint density at radius 3 is 2.75 bits per heavy atom. The first-order valence-electron chi connectivity index (χ1n) is 8.07. The second-order valence-corrected chi connectivity index (χ2v) is 6.67. The van der Waals surface area contributed by atoms with Crippen LogP contribution in [-0.4, -0.2) is 55.7 Å². The van der Waals surface area contributed by atoms with Crippen molar-refractivity contribution in [3.8, 4) is 0 Å². The molecule has 5 heteroatoms. The third kappa shape index (κ3) is 3.32. The van der Waals surface area contributed by atoms with Gasteiger partial charge in [0.2, 0.25) is 5.91 Å². The maximum absolute atomic E-state index is 12.1. The molecule has 5 nitrogen and oxygen atoms in total. The van der Waals surface area contributed by atoms with Gasteiger partial charge in [-0.25, -0.2) is 0 Å². The second-order valence-electron chi connectivity index (χ2n) is 6.67. The molecule has 114 valence electrons. The molecule has 3 rings (SSSR count). The van der Waals surface area contributed by atoms with E-state index in [0.29, 0.717) is 24.5 Å². The summed E-state index contributed by atoms with van der Waals surface area (Å²) in [4.78, 5) is 14.4. The van der Waals surface area contributed by atoms with Crippen LogP contribution in [-0.2, 0) is 9.53 Å². The molecule has 0 spiro atoms. The van der Waals surface area contributed by atoms with Crippen molar-refractivity contribution in [1.29, 1.82) is 0 Å². The van der Waals surface area contributed by atoms with Crippen LogP contribution in [0.4, 0.5) is 0 Å². The molecule has 0 aromatic carbocycles. The van der Waals surface area contributed by atoms with Crippen LogP contribution in [0.15, 0.2) is 0 Å². The van der Waals surface area contributed by atoms with Gasteiger partial charge in [0.05, 0.1) is 6.54 Å². The molecule has 1 amide bonds. The van der Waals surface area contributed by atoms with E-state index in [1.807, 2.05) is 0 Å². The van der Waals surface area contributed by atoms with Crippen LogP contribution in [0.1, 0.15) is 32.1 Å². The number of hydrogen-bond acceptors (Lipinski definition) is 4. The molecule has 20 heavy (non-hydrogen) atoms. The number of likely N-dealkylation sites (tertiary alicyclic amines) is 1. The van der Waals surface area contributed by atoms with E-state index in [4.69, 9.17) is 10.5 Å². The highest BCUT2D eigenvalue weighted by Crippen LogP contribution is 2.35. The monoisotopic (exact) mass is 281 g/mol. The minimum absolute atomic E-state index is 0.170. The van der Waals surface area contributed by atoms with E-state index in [9.17, 15) is 4.79 Å². The topological polar surface area (TPSA) is 67.6 Å². The van der Waals surface area contributed by atoms with Crippen LogP contribution >= 0.6 is 0 Å². The van der Waals surface area contributed by atoms with Gasteiger partial charge < -0.3 is 15.8 Å². The summed E-state index contributed by atoms with van der Waals surface area (Å²) in [6, 6.07) is 0.653. The van der Waals surface area contributed by atoms with E-state index < -0.39 is 0 Å². The van der Waals surface area contributed by atoms with Gasteiger partial charge in [0, 0.05) is 38.4 Å². The normalized spacial score (nSPS) is 35.8. The number of rotatable bonds is 3. The van der Waals surface area contributed by atoms with Crippen LogP contribution in [0.25, 0.3) is 0 Å². The number of hydrogen-bond donors (Lipinski definition) is 2. The lowest BCUT2D eigenvalue weighted by Gasteiger charge is -2.29. The van der Waals surface area contributed by atoms with Gasteiger partial charge in [-0.15, -0.1) is 0 Å². The van der Waals surface area contributed by atoms with Crippen molar-refractivity contribution in [2.75, 3.05) is 32.8 Å². The lowest BCUT2D eigenvalue weighted by molar-refractivity contribution is -0.123. The largest absolute Gasteiger partial charge is 0.381 e. The molecule has 0 aromatic rings. The van der Waals surface area contributed by atoms with Crippen molar-refractivity contribution < 1.29 is 9.53 Å². The number of nitrogens with two attached hydrogens (primary N) is 1. The molecule has 1 aliphatic carbocycles. The Balaban J connectivity index is 1.45. The van der Waals surface area contributed by atoms with Gasteiger partial charge in [-0.1, -0.05) is 6.42 Å². The first-order valence-corrected chi connectivity index (χ1v) is 8.07. The third-order valence-electron chi connectivity index (χ3n) is 5.18. The minimum atomic E-state index is 0.170. The smallest absolute Gasteiger partial charge is 0.234 e. The number of amides is 1. The summed E-state index contributed by atoms with van der Waals surface area (Å²) in [7, 11) is 0. The highest BCUT2D eigenvalue weighted by molar-refractivity contribution is 5.78. The van der Waals surface area contributed by atoms with Crippen LogP contribution in [0.5, 0.6) is 0 Å². The average Bonchev–Trinajstić information content (AvgIpc) is 2.83. The molecule has 3 unspecified atom stereocenters. The van der Waals surface area contributed by atoms with E-state index in [1.165, 1.54) is 12.8 Å². The highest BCUT2D eigenvalue weighted by Gasteiger charge is 2.39. The maximum Gasteiger partial charge on any atom is 0.234 e. The summed E-state index contributed by atoms with van der Waals surface area (Å²) >= 11 is 0. The fourth-order valence-corrected chi connectivity index (χ4v) is 4.06. The summed E-state index contributed by atoms with van der Waals surface area (Å²) in [6.45, 7) is 4.14. The van der Waals surface area contributed by atoms with Crippen molar-refractivity contribution in [3.63, 3.8) is 0 Å². The minimum Gasteiger partial charge on any atom is -0.381 e. The van der Waals surface area contributed by atoms with Crippen LogP contribution < -0.4 is 11.1 Å². The lowest BCUT2D eigenvalue weighted by atomic mass is 9.78. The second kappa shape index (κ2) is 6.41. The van der Waals surface area contributed by atoms with E-state index in [0.717, 1.165) is 51.5 Å². The number of carbonyl (C=O) groups excluding carboxylic acids is 1. The molecule has 3 aliphatic rings. The Hall–Kier alpha value is -0.650. The van der Waals surface area contributed by atoms with Crippen molar-refractivity contribution in [1.82, 2.24) is 10.2 Å². The Bertz CT molecular complexity index is 344. The molecule has 2 heterocycles. The summed E-state index contributed by atoms with van der Waals surface area (Å²) < 4.78 is 5.32. The number of nitrogens with one attached hydrogen (secondary N) is 1. The molecular formula is C15H27N3O2. The molecule has 3 fully saturated rings. The summed E-state index contributed by atoms with van der Waals surface area (Å²) in [5.74, 6) is 1.50. The molecule has 0 bridgehead atoms. The Morgan fingerprint density at radius 2 is 2.00 bits per heavy atom. The molecule has 1 saturated carbocycles. The van der Waals surface area contributed by atoms with Gasteiger partial charge in [0.1, 0.15) is 0 Å². The van der Waals surface area contributed by atoms with Gasteiger partial charge >= 0.3 is 0 Å². The number of carbonyl (C=O) groups is 1. The number of nitrogens with zero attached hydrogens (tertiary/aromatic N) is 1. The van der Waals surface area contributed by atoms with E-state index in [2.05, 4.69) is 10.2 Å². The Kier molecular flexibility index (Phi) is 4.58. The van der Waals surface area contributed by atoms with Crippen molar-refractivity contribution >= 4 is 5.91 Å². The van der Waals surface area contributed by atoms with Crippen molar-refractivity contribution in [2.45, 2.75) is 44.2 Å². The van der Waals surface area contributed by atoms with Gasteiger partial charge in [-0.3, -0.25) is 9.69 Å². The number of fused-ring (bicyclic) bond motifs is 1. The molecule has 3 N–H and O–H groups in total. The van der Waals surface area contributed by atoms with Crippen LogP contribution in [0.2, 0.25) is 0 Å². The van der Waals surface area contributed by atoms with E-state index in [1.54, 1.807) is 0 Å². The molecule has 2 saturated heterocycles. The standard InChI is InChI=1S/C15H27N3O2/c16-14-3-1-2-11-8-18(9-13(11)14)10-15(19)17-12-4-6-20-7-5-12/h11-14H,1-10,16H2,(H,17,19). The van der Waals surface area contributed by atoms with Crippen LogP contribution in [0, 0.1) is 11.8 Å². The predicted molar refractivity (Wildman–Crippen MR) is 77.2 cm³/mol. The van der Waals surface area contributed by atoms with Crippen LogP contribution in [0.3, 0.4) is 0 Å². The first kappa shape index (κ1) is 14.3. The average molecular weight is 281 g/mol. The van der Waals surface area contributed by atoms with Crippen molar-refractivity contribution in [3.05, 3.63) is 0 Å². The molecular weight excluding hydrogens is 254 g/mol. The Labute approximate surface area is 121 Å². The molecule has 0 aromatic heterocycles. The Morgan fingerprint density at radius 1 is 1.20 bits per heavy atom. The van der Waals surface area contributed by atoms with Gasteiger partial charge in [0.15, 0.2) is 0 Å². The van der Waals surface area contributed by atoms with E-state index in [-0.39, 0.29) is 5.91 Å². The summed E-state index contributed by atoms with van der Waals surface area (Å²) in [6.07, 6.45) is 5.59. The van der Waals surface area contributed by atoms with Gasteiger partial charge in [-0.05, 0) is 37.5 Å². The van der Waals surface area contributed by atoms with Gasteiger partial charge in [0.25, 0.3) is 0 Å². The van der Waals surface area contributed by atoms with Crippen molar-refractivity contribution in [2.24, 2.45) is 17.6 Å². The fourth-order valence-electron chi connectivity index (χ4n) is 4.06. The zero-order valence-electron chi connectivity index (χ0n) is 12.2. The number of ether oxygens (including phenoxy) is 1. The van der Waals surface area contributed by atoms with E-state index >= 15 is 0 Å². The zero-order valence-corrected chi connectivity index (χ0v) is 12.2.